The fourth-order valence-corrected chi connectivity index (χ4v) is 3.66. The number of nitrogens with two attached hydrogens (primary N) is 1. The Morgan fingerprint density at radius 2 is 1.95 bits per heavy atom. The van der Waals surface area contributed by atoms with E-state index < -0.39 is 0 Å². The minimum absolute atomic E-state index is 0.214. The molecule has 110 valence electrons. The van der Waals surface area contributed by atoms with E-state index in [1.807, 2.05) is 0 Å². The minimum atomic E-state index is -0.359. The first kappa shape index (κ1) is 13.8. The summed E-state index contributed by atoms with van der Waals surface area (Å²) in [5.41, 5.74) is 6.37. The number of nitrogens with zero attached hydrogens (tertiary/aromatic N) is 1. The average Bonchev–Trinajstić information content (AvgIpc) is 2.84. The molecule has 19 heavy (non-hydrogen) atoms. The first-order valence-electron chi connectivity index (χ1n) is 7.50. The van der Waals surface area contributed by atoms with Gasteiger partial charge in [-0.3, -0.25) is 4.90 Å². The van der Waals surface area contributed by atoms with Crippen molar-refractivity contribution in [3.05, 3.63) is 0 Å². The predicted octanol–water partition coefficient (Wildman–Crippen LogP) is 0.719. The van der Waals surface area contributed by atoms with Crippen LogP contribution in [0.3, 0.4) is 0 Å². The maximum atomic E-state index is 6.37. The van der Waals surface area contributed by atoms with Gasteiger partial charge in [-0.05, 0) is 20.3 Å². The summed E-state index contributed by atoms with van der Waals surface area (Å²) < 4.78 is 17.5. The Labute approximate surface area is 115 Å². The van der Waals surface area contributed by atoms with Crippen LogP contribution < -0.4 is 5.73 Å². The zero-order chi connectivity index (χ0) is 13.5. The molecule has 0 aromatic rings. The Kier molecular flexibility index (Phi) is 3.84. The molecule has 2 aliphatic heterocycles. The highest BCUT2D eigenvalue weighted by Gasteiger charge is 2.47. The van der Waals surface area contributed by atoms with Gasteiger partial charge in [0.2, 0.25) is 0 Å². The van der Waals surface area contributed by atoms with Gasteiger partial charge in [-0.15, -0.1) is 0 Å². The third-order valence-corrected chi connectivity index (χ3v) is 4.77. The molecule has 3 rings (SSSR count). The van der Waals surface area contributed by atoms with Crippen LogP contribution in [0, 0.1) is 0 Å². The summed E-state index contributed by atoms with van der Waals surface area (Å²) in [5.74, 6) is -0.359. The Balaban J connectivity index is 1.73. The molecular weight excluding hydrogens is 244 g/mol. The van der Waals surface area contributed by atoms with E-state index in [1.165, 1.54) is 0 Å². The van der Waals surface area contributed by atoms with Gasteiger partial charge in [-0.2, -0.15) is 0 Å². The number of ether oxygens (including phenoxy) is 3. The predicted molar refractivity (Wildman–Crippen MR) is 71.8 cm³/mol. The highest BCUT2D eigenvalue weighted by Crippen LogP contribution is 2.38. The molecule has 4 atom stereocenters. The first-order chi connectivity index (χ1) is 9.10. The van der Waals surface area contributed by atoms with Crippen molar-refractivity contribution in [2.24, 2.45) is 5.73 Å². The van der Waals surface area contributed by atoms with E-state index in [-0.39, 0.29) is 17.9 Å². The van der Waals surface area contributed by atoms with Crippen molar-refractivity contribution in [3.63, 3.8) is 0 Å². The molecule has 4 unspecified atom stereocenters. The summed E-state index contributed by atoms with van der Waals surface area (Å²) in [4.78, 5) is 2.50. The normalized spacial score (nSPS) is 43.7. The van der Waals surface area contributed by atoms with E-state index in [0.29, 0.717) is 12.1 Å². The molecule has 2 N–H and O–H groups in total. The van der Waals surface area contributed by atoms with Gasteiger partial charge in [-0.25, -0.2) is 0 Å². The fraction of sp³-hybridized carbons (Fsp3) is 1.00. The standard InChI is InChI=1S/C14H26N2O3/c1-10-9-17-11(2)8-16(10)13-7-14(4-3-12(13)15)18-5-6-19-14/h10-13H,3-9,15H2,1-2H3. The maximum Gasteiger partial charge on any atom is 0.170 e. The fourth-order valence-electron chi connectivity index (χ4n) is 3.66. The topological polar surface area (TPSA) is 57.0 Å². The van der Waals surface area contributed by atoms with Gasteiger partial charge in [0.05, 0.1) is 25.9 Å². The van der Waals surface area contributed by atoms with Crippen LogP contribution >= 0.6 is 0 Å². The lowest BCUT2D eigenvalue weighted by Gasteiger charge is -2.49. The van der Waals surface area contributed by atoms with Gasteiger partial charge < -0.3 is 19.9 Å². The van der Waals surface area contributed by atoms with Crippen molar-refractivity contribution in [3.8, 4) is 0 Å². The lowest BCUT2D eigenvalue weighted by atomic mass is 9.84. The van der Waals surface area contributed by atoms with Crippen molar-refractivity contribution in [2.45, 2.75) is 63.1 Å². The summed E-state index contributed by atoms with van der Waals surface area (Å²) >= 11 is 0. The highest BCUT2D eigenvalue weighted by molar-refractivity contribution is 4.97. The second-order valence-electron chi connectivity index (χ2n) is 6.27. The van der Waals surface area contributed by atoms with Crippen molar-refractivity contribution in [2.75, 3.05) is 26.4 Å². The van der Waals surface area contributed by atoms with E-state index in [9.17, 15) is 0 Å². The van der Waals surface area contributed by atoms with Gasteiger partial charge in [-0.1, -0.05) is 0 Å². The molecular formula is C14H26N2O3. The monoisotopic (exact) mass is 270 g/mol. The molecule has 2 saturated heterocycles. The van der Waals surface area contributed by atoms with Crippen molar-refractivity contribution in [1.82, 2.24) is 4.90 Å². The van der Waals surface area contributed by atoms with E-state index in [4.69, 9.17) is 19.9 Å². The van der Waals surface area contributed by atoms with Crippen LogP contribution in [0.4, 0.5) is 0 Å². The van der Waals surface area contributed by atoms with Crippen LogP contribution in [0.5, 0.6) is 0 Å². The zero-order valence-corrected chi connectivity index (χ0v) is 12.0. The van der Waals surface area contributed by atoms with Crippen LogP contribution in [0.15, 0.2) is 0 Å². The summed E-state index contributed by atoms with van der Waals surface area (Å²) in [5, 5.41) is 0. The molecule has 1 saturated carbocycles. The Hall–Kier alpha value is -0.200. The van der Waals surface area contributed by atoms with Crippen LogP contribution in [0.2, 0.25) is 0 Å². The average molecular weight is 270 g/mol. The molecule has 2 heterocycles. The molecule has 0 bridgehead atoms. The van der Waals surface area contributed by atoms with Crippen LogP contribution in [-0.4, -0.2) is 61.3 Å². The van der Waals surface area contributed by atoms with E-state index >= 15 is 0 Å². The van der Waals surface area contributed by atoms with Gasteiger partial charge >= 0.3 is 0 Å². The lowest BCUT2D eigenvalue weighted by Crippen LogP contribution is -2.62. The maximum absolute atomic E-state index is 6.37. The molecule has 1 spiro atoms. The molecule has 0 amide bonds. The van der Waals surface area contributed by atoms with Crippen LogP contribution in [-0.2, 0) is 14.2 Å². The summed E-state index contributed by atoms with van der Waals surface area (Å²) in [6, 6.07) is 0.975. The lowest BCUT2D eigenvalue weighted by molar-refractivity contribution is -0.199. The van der Waals surface area contributed by atoms with Gasteiger partial charge in [0.1, 0.15) is 0 Å². The quantitative estimate of drug-likeness (QED) is 0.761. The summed E-state index contributed by atoms with van der Waals surface area (Å²) in [7, 11) is 0. The molecule has 1 aliphatic carbocycles. The molecule has 0 radical (unpaired) electrons. The van der Waals surface area contributed by atoms with E-state index in [0.717, 1.165) is 45.6 Å². The second-order valence-corrected chi connectivity index (χ2v) is 6.27. The molecule has 5 nitrogen and oxygen atoms in total. The molecule has 3 fully saturated rings. The SMILES string of the molecule is CC1CN(C2CC3(CCC2N)OCCO3)C(C)CO1. The summed E-state index contributed by atoms with van der Waals surface area (Å²) in [6.45, 7) is 7.53. The number of hydrogen-bond acceptors (Lipinski definition) is 5. The van der Waals surface area contributed by atoms with Crippen molar-refractivity contribution in [1.29, 1.82) is 0 Å². The molecule has 5 heteroatoms. The molecule has 0 aromatic carbocycles. The minimum Gasteiger partial charge on any atom is -0.376 e. The highest BCUT2D eigenvalue weighted by atomic mass is 16.7. The third-order valence-electron chi connectivity index (χ3n) is 4.77. The number of hydrogen-bond donors (Lipinski definition) is 1. The van der Waals surface area contributed by atoms with Crippen LogP contribution in [0.1, 0.15) is 33.1 Å². The largest absolute Gasteiger partial charge is 0.376 e. The zero-order valence-electron chi connectivity index (χ0n) is 12.0. The van der Waals surface area contributed by atoms with Gasteiger partial charge in [0.15, 0.2) is 5.79 Å². The number of morpholine rings is 1. The molecule has 3 aliphatic rings. The molecule has 0 aromatic heterocycles. The van der Waals surface area contributed by atoms with Crippen LogP contribution in [0.25, 0.3) is 0 Å². The van der Waals surface area contributed by atoms with Crippen molar-refractivity contribution < 1.29 is 14.2 Å². The Bertz CT molecular complexity index is 320. The number of rotatable bonds is 1. The summed E-state index contributed by atoms with van der Waals surface area (Å²) in [6.07, 6.45) is 3.08. The second kappa shape index (κ2) is 5.30. The van der Waals surface area contributed by atoms with E-state index in [2.05, 4.69) is 18.7 Å². The van der Waals surface area contributed by atoms with Gasteiger partial charge in [0.25, 0.3) is 0 Å². The first-order valence-corrected chi connectivity index (χ1v) is 7.50. The Morgan fingerprint density at radius 3 is 2.68 bits per heavy atom. The van der Waals surface area contributed by atoms with E-state index in [1.54, 1.807) is 0 Å². The third kappa shape index (κ3) is 2.67. The van der Waals surface area contributed by atoms with Gasteiger partial charge in [0, 0.05) is 37.5 Å². The van der Waals surface area contributed by atoms with Crippen molar-refractivity contribution >= 4 is 0 Å². The Morgan fingerprint density at radius 1 is 1.21 bits per heavy atom. The smallest absolute Gasteiger partial charge is 0.170 e.